The third-order valence-corrected chi connectivity index (χ3v) is 4.08. The van der Waals surface area contributed by atoms with Crippen molar-refractivity contribution in [2.45, 2.75) is 19.4 Å². The average Bonchev–Trinajstić information content (AvgIpc) is 2.46. The van der Waals surface area contributed by atoms with Gasteiger partial charge in [0.25, 0.3) is 0 Å². The van der Waals surface area contributed by atoms with E-state index in [1.165, 1.54) is 6.92 Å². The van der Waals surface area contributed by atoms with Crippen LogP contribution in [0.1, 0.15) is 18.9 Å². The van der Waals surface area contributed by atoms with Gasteiger partial charge in [0.15, 0.2) is 0 Å². The van der Waals surface area contributed by atoms with Crippen molar-refractivity contribution >= 4 is 17.3 Å². The first kappa shape index (κ1) is 12.9. The maximum absolute atomic E-state index is 11.9. The third-order valence-electron chi connectivity index (χ3n) is 4.08. The van der Waals surface area contributed by atoms with E-state index in [4.69, 9.17) is 9.47 Å². The molecule has 0 unspecified atom stereocenters. The van der Waals surface area contributed by atoms with Crippen LogP contribution in [0.2, 0.25) is 0 Å². The monoisotopic (exact) mass is 272 g/mol. The number of fused-ring (bicyclic) bond motifs is 2. The minimum absolute atomic E-state index is 0.0481. The summed E-state index contributed by atoms with van der Waals surface area (Å²) in [7, 11) is 1.62. The summed E-state index contributed by atoms with van der Waals surface area (Å²) < 4.78 is 10.8. The number of hydrogen-bond acceptors (Lipinski definition) is 4. The van der Waals surface area contributed by atoms with E-state index in [1.54, 1.807) is 7.11 Å². The number of ketones is 1. The summed E-state index contributed by atoms with van der Waals surface area (Å²) >= 11 is 0. The van der Waals surface area contributed by atoms with Gasteiger partial charge in [0, 0.05) is 17.1 Å². The van der Waals surface area contributed by atoms with Gasteiger partial charge in [-0.1, -0.05) is 24.3 Å². The molecule has 0 spiro atoms. The molecule has 4 heteroatoms. The number of ether oxygens (including phenoxy) is 2. The Hall–Kier alpha value is -2.10. The number of Topliss-reactive ketones (excluding diaryl/α,β-unsaturated/α-hetero) is 1. The van der Waals surface area contributed by atoms with Gasteiger partial charge in [0.05, 0.1) is 13.0 Å². The molecule has 1 aromatic rings. The minimum atomic E-state index is -0.461. The van der Waals surface area contributed by atoms with Crippen LogP contribution in [0.25, 0.3) is 5.57 Å². The van der Waals surface area contributed by atoms with Crippen molar-refractivity contribution in [1.82, 2.24) is 0 Å². The second-order valence-corrected chi connectivity index (χ2v) is 5.23. The van der Waals surface area contributed by atoms with Crippen LogP contribution in [0.5, 0.6) is 5.75 Å². The second-order valence-electron chi connectivity index (χ2n) is 5.23. The Morgan fingerprint density at radius 2 is 2.10 bits per heavy atom. The van der Waals surface area contributed by atoms with Crippen LogP contribution in [0.15, 0.2) is 30.3 Å². The van der Waals surface area contributed by atoms with Crippen molar-refractivity contribution in [2.75, 3.05) is 7.11 Å². The number of rotatable bonds is 3. The number of carbonyl (C=O) groups is 2. The second kappa shape index (κ2) is 4.78. The Morgan fingerprint density at radius 1 is 1.35 bits per heavy atom. The van der Waals surface area contributed by atoms with E-state index in [0.717, 1.165) is 16.9 Å². The molecule has 1 aliphatic carbocycles. The number of carbonyl (C=O) groups excluding carboxylic acids is 2. The summed E-state index contributed by atoms with van der Waals surface area (Å²) in [6, 6.07) is 7.64. The van der Waals surface area contributed by atoms with Gasteiger partial charge < -0.3 is 9.47 Å². The van der Waals surface area contributed by atoms with Crippen LogP contribution in [0, 0.1) is 11.8 Å². The first-order valence-corrected chi connectivity index (χ1v) is 6.68. The molecule has 104 valence electrons. The highest BCUT2D eigenvalue weighted by Gasteiger charge is 2.46. The number of benzene rings is 1. The fourth-order valence-corrected chi connectivity index (χ4v) is 3.05. The van der Waals surface area contributed by atoms with Crippen molar-refractivity contribution in [3.05, 3.63) is 35.9 Å². The lowest BCUT2D eigenvalue weighted by atomic mass is 9.73. The minimum Gasteiger partial charge on any atom is -0.496 e. The van der Waals surface area contributed by atoms with E-state index in [1.807, 2.05) is 30.3 Å². The van der Waals surface area contributed by atoms with E-state index in [0.29, 0.717) is 6.42 Å². The average molecular weight is 272 g/mol. The van der Waals surface area contributed by atoms with Crippen molar-refractivity contribution < 1.29 is 19.1 Å². The Morgan fingerprint density at radius 3 is 2.75 bits per heavy atom. The topological polar surface area (TPSA) is 52.6 Å². The molecule has 2 heterocycles. The largest absolute Gasteiger partial charge is 0.496 e. The molecule has 0 N–H and O–H groups in total. The number of esters is 1. The molecule has 3 aliphatic rings. The normalized spacial score (nSPS) is 27.8. The van der Waals surface area contributed by atoms with Gasteiger partial charge in [-0.2, -0.15) is 0 Å². The van der Waals surface area contributed by atoms with E-state index < -0.39 is 5.92 Å². The summed E-state index contributed by atoms with van der Waals surface area (Å²) in [6.07, 6.45) is 2.09. The standard InChI is InChI=1S/C16H16O4/c1-9(17)11-8-15-12(7-13(11)16(18)20-15)10-5-3-4-6-14(10)19-2/h3-7,11,13,15H,8H2,1-2H3/t11-,13-,15-/m0/s1. The van der Waals surface area contributed by atoms with Gasteiger partial charge in [-0.3, -0.25) is 9.59 Å². The molecule has 4 rings (SSSR count). The SMILES string of the molecule is COc1ccccc1C1=C[C@@H]2C(=O)O[C@H]1C[C@H]2C(C)=O. The quantitative estimate of drug-likeness (QED) is 0.792. The highest BCUT2D eigenvalue weighted by atomic mass is 16.5. The molecule has 20 heavy (non-hydrogen) atoms. The molecular formula is C16H16O4. The zero-order valence-corrected chi connectivity index (χ0v) is 11.5. The first-order valence-electron chi connectivity index (χ1n) is 6.68. The summed E-state index contributed by atoms with van der Waals surface area (Å²) in [6.45, 7) is 1.54. The molecule has 2 bridgehead atoms. The van der Waals surface area contributed by atoms with E-state index >= 15 is 0 Å². The molecule has 0 radical (unpaired) electrons. The molecule has 0 amide bonds. The Bertz CT molecular complexity index is 602. The molecule has 3 atom stereocenters. The fraction of sp³-hybridized carbons (Fsp3) is 0.375. The summed E-state index contributed by atoms with van der Waals surface area (Å²) in [4.78, 5) is 23.5. The van der Waals surface area contributed by atoms with E-state index in [-0.39, 0.29) is 23.8 Å². The molecule has 2 aliphatic heterocycles. The van der Waals surface area contributed by atoms with Gasteiger partial charge in [0.2, 0.25) is 0 Å². The zero-order valence-electron chi connectivity index (χ0n) is 11.5. The molecule has 0 aromatic heterocycles. The van der Waals surface area contributed by atoms with Crippen molar-refractivity contribution in [1.29, 1.82) is 0 Å². The molecule has 4 nitrogen and oxygen atoms in total. The van der Waals surface area contributed by atoms with Crippen LogP contribution in [0.3, 0.4) is 0 Å². The van der Waals surface area contributed by atoms with Crippen molar-refractivity contribution in [2.24, 2.45) is 11.8 Å². The van der Waals surface area contributed by atoms with Gasteiger partial charge >= 0.3 is 5.97 Å². The Kier molecular flexibility index (Phi) is 3.08. The highest BCUT2D eigenvalue weighted by Crippen LogP contribution is 2.43. The molecule has 1 aromatic carbocycles. The van der Waals surface area contributed by atoms with E-state index in [2.05, 4.69) is 0 Å². The summed E-state index contributed by atoms with van der Waals surface area (Å²) in [5, 5.41) is 0. The predicted molar refractivity (Wildman–Crippen MR) is 73.1 cm³/mol. The van der Waals surface area contributed by atoms with Gasteiger partial charge in [-0.05, 0) is 19.4 Å². The molecule has 1 fully saturated rings. The Balaban J connectivity index is 2.04. The number of hydrogen-bond donors (Lipinski definition) is 0. The fourth-order valence-electron chi connectivity index (χ4n) is 3.05. The van der Waals surface area contributed by atoms with Crippen LogP contribution in [-0.2, 0) is 14.3 Å². The summed E-state index contributed by atoms with van der Waals surface area (Å²) in [5.41, 5.74) is 1.88. The number of para-hydroxylation sites is 1. The van der Waals surface area contributed by atoms with Crippen LogP contribution in [0.4, 0.5) is 0 Å². The van der Waals surface area contributed by atoms with Crippen LogP contribution in [-0.4, -0.2) is 25.0 Å². The van der Waals surface area contributed by atoms with Crippen molar-refractivity contribution in [3.8, 4) is 5.75 Å². The van der Waals surface area contributed by atoms with Crippen molar-refractivity contribution in [3.63, 3.8) is 0 Å². The predicted octanol–water partition coefficient (Wildman–Crippen LogP) is 2.23. The molecular weight excluding hydrogens is 256 g/mol. The third kappa shape index (κ3) is 1.92. The lowest BCUT2D eigenvalue weighted by Gasteiger charge is -2.39. The zero-order chi connectivity index (χ0) is 14.3. The lowest BCUT2D eigenvalue weighted by Crippen LogP contribution is -2.44. The summed E-state index contributed by atoms with van der Waals surface area (Å²) in [5.74, 6) is -0.203. The van der Waals surface area contributed by atoms with Gasteiger partial charge in [-0.15, -0.1) is 0 Å². The van der Waals surface area contributed by atoms with Gasteiger partial charge in [0.1, 0.15) is 17.6 Å². The molecule has 1 saturated heterocycles. The smallest absolute Gasteiger partial charge is 0.314 e. The first-order chi connectivity index (χ1) is 9.61. The van der Waals surface area contributed by atoms with E-state index in [9.17, 15) is 9.59 Å². The maximum atomic E-state index is 11.9. The number of methoxy groups -OCH3 is 1. The van der Waals surface area contributed by atoms with Crippen LogP contribution < -0.4 is 4.74 Å². The lowest BCUT2D eigenvalue weighted by molar-refractivity contribution is -0.162. The molecule has 0 saturated carbocycles. The maximum Gasteiger partial charge on any atom is 0.314 e. The highest BCUT2D eigenvalue weighted by molar-refractivity contribution is 5.93. The van der Waals surface area contributed by atoms with Gasteiger partial charge in [-0.25, -0.2) is 0 Å². The van der Waals surface area contributed by atoms with Crippen LogP contribution >= 0.6 is 0 Å². The Labute approximate surface area is 117 Å².